The molecule has 2 heterocycles. The molecule has 1 saturated heterocycles. The second-order valence-electron chi connectivity index (χ2n) is 5.27. The molecule has 0 saturated carbocycles. The quantitative estimate of drug-likeness (QED) is 0.748. The molecule has 3 rings (SSSR count). The summed E-state index contributed by atoms with van der Waals surface area (Å²) in [5.41, 5.74) is 0.667. The fourth-order valence-electron chi connectivity index (χ4n) is 2.43. The van der Waals surface area contributed by atoms with E-state index < -0.39 is 0 Å². The number of amides is 1. The van der Waals surface area contributed by atoms with Gasteiger partial charge in [-0.25, -0.2) is 4.98 Å². The number of aromatic amines is 1. The van der Waals surface area contributed by atoms with Gasteiger partial charge in [0.05, 0.1) is 18.0 Å². The van der Waals surface area contributed by atoms with Crippen LogP contribution in [0.5, 0.6) is 5.75 Å². The van der Waals surface area contributed by atoms with Gasteiger partial charge in [-0.1, -0.05) is 23.9 Å². The Morgan fingerprint density at radius 1 is 1.50 bits per heavy atom. The van der Waals surface area contributed by atoms with E-state index in [0.29, 0.717) is 23.2 Å². The zero-order chi connectivity index (χ0) is 16.8. The summed E-state index contributed by atoms with van der Waals surface area (Å²) in [4.78, 5) is 16.5. The molecule has 7 nitrogen and oxygen atoms in total. The third-order valence-electron chi connectivity index (χ3n) is 3.51. The van der Waals surface area contributed by atoms with Gasteiger partial charge in [-0.3, -0.25) is 9.89 Å². The van der Waals surface area contributed by atoms with Crippen LogP contribution < -0.4 is 10.1 Å². The number of carbonyl (C=O) groups is 1. The molecule has 0 aliphatic carbocycles. The minimum absolute atomic E-state index is 0.00116. The van der Waals surface area contributed by atoms with Gasteiger partial charge in [0, 0.05) is 6.61 Å². The first-order valence-corrected chi connectivity index (χ1v) is 8.93. The lowest BCUT2D eigenvalue weighted by molar-refractivity contribution is -0.113. The largest absolute Gasteiger partial charge is 0.492 e. The number of aromatic nitrogens is 3. The monoisotopic (exact) mass is 348 g/mol. The van der Waals surface area contributed by atoms with Crippen LogP contribution in [0.2, 0.25) is 0 Å². The van der Waals surface area contributed by atoms with Gasteiger partial charge >= 0.3 is 0 Å². The van der Waals surface area contributed by atoms with Gasteiger partial charge in [-0.2, -0.15) is 0 Å². The molecule has 1 atom stereocenters. The number of hydrogen-bond donors (Lipinski definition) is 2. The van der Waals surface area contributed by atoms with Crippen LogP contribution in [-0.2, 0) is 9.53 Å². The third-order valence-corrected chi connectivity index (χ3v) is 4.36. The second kappa shape index (κ2) is 8.16. The summed E-state index contributed by atoms with van der Waals surface area (Å²) in [6, 6.07) is 7.37. The number of hydrogen-bond acceptors (Lipinski definition) is 6. The Labute approximate surface area is 144 Å². The standard InChI is InChI=1S/C16H20N4O3S/c1-2-22-12-7-4-3-6-11(12)17-14(21)10-24-16-18-15(19-20-16)13-8-5-9-23-13/h3-4,6-7,13H,2,5,8-10H2,1H3,(H,17,21)(H,18,19,20)/t13-/m0/s1. The van der Waals surface area contributed by atoms with Gasteiger partial charge < -0.3 is 14.8 Å². The first-order chi connectivity index (χ1) is 11.8. The van der Waals surface area contributed by atoms with Crippen LogP contribution in [0.25, 0.3) is 0 Å². The van der Waals surface area contributed by atoms with E-state index >= 15 is 0 Å². The maximum absolute atomic E-state index is 12.1. The molecule has 1 amide bonds. The number of nitrogens with zero attached hydrogens (tertiary/aromatic N) is 2. The van der Waals surface area contributed by atoms with E-state index in [9.17, 15) is 4.79 Å². The number of benzene rings is 1. The number of carbonyl (C=O) groups excluding carboxylic acids is 1. The van der Waals surface area contributed by atoms with E-state index in [-0.39, 0.29) is 17.8 Å². The second-order valence-corrected chi connectivity index (χ2v) is 6.21. The van der Waals surface area contributed by atoms with E-state index in [1.165, 1.54) is 11.8 Å². The van der Waals surface area contributed by atoms with Crippen molar-refractivity contribution in [2.45, 2.75) is 31.0 Å². The van der Waals surface area contributed by atoms with E-state index in [1.807, 2.05) is 31.2 Å². The molecule has 1 aromatic carbocycles. The molecule has 8 heteroatoms. The third kappa shape index (κ3) is 4.27. The topological polar surface area (TPSA) is 89.1 Å². The van der Waals surface area contributed by atoms with Crippen molar-refractivity contribution in [1.29, 1.82) is 0 Å². The van der Waals surface area contributed by atoms with Crippen molar-refractivity contribution in [3.63, 3.8) is 0 Å². The molecule has 1 fully saturated rings. The molecule has 0 spiro atoms. The molecule has 2 N–H and O–H groups in total. The van der Waals surface area contributed by atoms with Crippen LogP contribution in [0.3, 0.4) is 0 Å². The van der Waals surface area contributed by atoms with Crippen LogP contribution >= 0.6 is 11.8 Å². The summed E-state index contributed by atoms with van der Waals surface area (Å²) in [7, 11) is 0. The molecular weight excluding hydrogens is 328 g/mol. The number of anilines is 1. The summed E-state index contributed by atoms with van der Waals surface area (Å²) < 4.78 is 11.1. The van der Waals surface area contributed by atoms with Crippen molar-refractivity contribution < 1.29 is 14.3 Å². The number of H-pyrrole nitrogens is 1. The van der Waals surface area contributed by atoms with Crippen molar-refractivity contribution in [2.75, 3.05) is 24.3 Å². The van der Waals surface area contributed by atoms with E-state index in [0.717, 1.165) is 25.3 Å². The Hall–Kier alpha value is -2.06. The zero-order valence-electron chi connectivity index (χ0n) is 13.4. The minimum atomic E-state index is -0.129. The average molecular weight is 348 g/mol. The molecule has 1 aromatic heterocycles. The lowest BCUT2D eigenvalue weighted by Gasteiger charge is -2.10. The molecule has 1 aliphatic heterocycles. The van der Waals surface area contributed by atoms with E-state index in [4.69, 9.17) is 9.47 Å². The van der Waals surface area contributed by atoms with Crippen molar-refractivity contribution >= 4 is 23.4 Å². The highest BCUT2D eigenvalue weighted by Crippen LogP contribution is 2.27. The smallest absolute Gasteiger partial charge is 0.234 e. The summed E-state index contributed by atoms with van der Waals surface area (Å²) in [6.45, 7) is 3.21. The highest BCUT2D eigenvalue weighted by atomic mass is 32.2. The first-order valence-electron chi connectivity index (χ1n) is 7.94. The van der Waals surface area contributed by atoms with Crippen LogP contribution in [0, 0.1) is 0 Å². The maximum Gasteiger partial charge on any atom is 0.234 e. The molecule has 0 unspecified atom stereocenters. The highest BCUT2D eigenvalue weighted by molar-refractivity contribution is 7.99. The lowest BCUT2D eigenvalue weighted by atomic mass is 10.2. The molecular formula is C16H20N4O3S. The fraction of sp³-hybridized carbons (Fsp3) is 0.438. The van der Waals surface area contributed by atoms with Crippen molar-refractivity contribution in [3.8, 4) is 5.75 Å². The summed E-state index contributed by atoms with van der Waals surface area (Å²) in [5.74, 6) is 1.49. The Morgan fingerprint density at radius 3 is 3.17 bits per heavy atom. The predicted molar refractivity (Wildman–Crippen MR) is 91.3 cm³/mol. The van der Waals surface area contributed by atoms with Crippen molar-refractivity contribution in [3.05, 3.63) is 30.1 Å². The van der Waals surface area contributed by atoms with Crippen LogP contribution in [-0.4, -0.2) is 40.1 Å². The number of nitrogens with one attached hydrogen (secondary N) is 2. The summed E-state index contributed by atoms with van der Waals surface area (Å²) in [6.07, 6.45) is 1.99. The van der Waals surface area contributed by atoms with Gasteiger partial charge in [-0.15, -0.1) is 5.10 Å². The Bertz CT molecular complexity index is 685. The summed E-state index contributed by atoms with van der Waals surface area (Å²) >= 11 is 1.28. The lowest BCUT2D eigenvalue weighted by Crippen LogP contribution is -2.15. The van der Waals surface area contributed by atoms with Crippen molar-refractivity contribution in [2.24, 2.45) is 0 Å². The SMILES string of the molecule is CCOc1ccccc1NC(=O)CSc1n[nH]c([C@@H]2CCCO2)n1. The molecule has 2 aromatic rings. The maximum atomic E-state index is 12.1. The number of thioether (sulfide) groups is 1. The van der Waals surface area contributed by atoms with Gasteiger partial charge in [0.2, 0.25) is 11.1 Å². The van der Waals surface area contributed by atoms with Crippen LogP contribution in [0.1, 0.15) is 31.7 Å². The van der Waals surface area contributed by atoms with E-state index in [1.54, 1.807) is 0 Å². The predicted octanol–water partition coefficient (Wildman–Crippen LogP) is 2.79. The average Bonchev–Trinajstić information content (AvgIpc) is 3.26. The Kier molecular flexibility index (Phi) is 5.71. The molecule has 128 valence electrons. The van der Waals surface area contributed by atoms with Crippen LogP contribution in [0.4, 0.5) is 5.69 Å². The molecule has 1 aliphatic rings. The first kappa shape index (κ1) is 16.8. The molecule has 0 radical (unpaired) electrons. The summed E-state index contributed by atoms with van der Waals surface area (Å²) in [5, 5.41) is 10.4. The fourth-order valence-corrected chi connectivity index (χ4v) is 3.03. The van der Waals surface area contributed by atoms with Gasteiger partial charge in [0.25, 0.3) is 0 Å². The Morgan fingerprint density at radius 2 is 2.38 bits per heavy atom. The Balaban J connectivity index is 1.52. The van der Waals surface area contributed by atoms with E-state index in [2.05, 4.69) is 20.5 Å². The normalized spacial score (nSPS) is 17.0. The number of ether oxygens (including phenoxy) is 2. The van der Waals surface area contributed by atoms with Crippen LogP contribution in [0.15, 0.2) is 29.4 Å². The molecule has 24 heavy (non-hydrogen) atoms. The van der Waals surface area contributed by atoms with Gasteiger partial charge in [0.15, 0.2) is 5.82 Å². The van der Waals surface area contributed by atoms with Crippen molar-refractivity contribution in [1.82, 2.24) is 15.2 Å². The minimum Gasteiger partial charge on any atom is -0.492 e. The highest BCUT2D eigenvalue weighted by Gasteiger charge is 2.21. The zero-order valence-corrected chi connectivity index (χ0v) is 14.3. The van der Waals surface area contributed by atoms with Gasteiger partial charge in [0.1, 0.15) is 11.9 Å². The number of para-hydroxylation sites is 2. The molecule has 0 bridgehead atoms. The number of rotatable bonds is 7. The van der Waals surface area contributed by atoms with Gasteiger partial charge in [-0.05, 0) is 31.9 Å².